The van der Waals surface area contributed by atoms with Gasteiger partial charge in [0.2, 0.25) is 5.75 Å². The van der Waals surface area contributed by atoms with Crippen LogP contribution in [0.5, 0.6) is 17.2 Å². The fourth-order valence-electron chi connectivity index (χ4n) is 3.18. The molecule has 0 radical (unpaired) electrons. The zero-order chi connectivity index (χ0) is 24.5. The van der Waals surface area contributed by atoms with Crippen LogP contribution in [0.1, 0.15) is 24.8 Å². The number of unbranched alkanes of at least 4 members (excludes halogenated alkanes) is 1. The second-order valence-corrected chi connectivity index (χ2v) is 21.3. The first-order valence-electron chi connectivity index (χ1n) is 10.9. The van der Waals surface area contributed by atoms with Crippen LogP contribution in [0.15, 0.2) is 17.7 Å². The molecule has 0 aliphatic rings. The molecule has 7 nitrogen and oxygen atoms in total. The van der Waals surface area contributed by atoms with Gasteiger partial charge in [0, 0.05) is 5.57 Å². The highest BCUT2D eigenvalue weighted by Crippen LogP contribution is 2.38. The van der Waals surface area contributed by atoms with E-state index in [1.807, 2.05) is 0 Å². The number of hydrogen-bond acceptors (Lipinski definition) is 6. The fraction of sp³-hybridized carbons (Fsp3) is 0.591. The van der Waals surface area contributed by atoms with E-state index in [0.717, 1.165) is 18.9 Å². The highest BCUT2D eigenvalue weighted by atomic mass is 28.4. The minimum Gasteiger partial charge on any atom is -0.493 e. The van der Waals surface area contributed by atoms with Gasteiger partial charge in [-0.15, -0.1) is 0 Å². The van der Waals surface area contributed by atoms with Crippen LogP contribution in [0.25, 0.3) is 6.08 Å². The van der Waals surface area contributed by atoms with Gasteiger partial charge in [-0.25, -0.2) is 4.79 Å². The second kappa shape index (κ2) is 12.6. The fourth-order valence-corrected chi connectivity index (χ4v) is 11.7. The molecule has 0 aliphatic heterocycles. The van der Waals surface area contributed by atoms with E-state index in [1.165, 1.54) is 21.3 Å². The summed E-state index contributed by atoms with van der Waals surface area (Å²) in [6.07, 6.45) is 3.77. The summed E-state index contributed by atoms with van der Waals surface area (Å²) >= 11 is 0. The Morgan fingerprint density at radius 3 is 1.78 bits per heavy atom. The van der Waals surface area contributed by atoms with Gasteiger partial charge in [-0.3, -0.25) is 0 Å². The summed E-state index contributed by atoms with van der Waals surface area (Å²) in [4.78, 5) is 11.9. The predicted octanol–water partition coefficient (Wildman–Crippen LogP) is 5.27. The van der Waals surface area contributed by atoms with Crippen molar-refractivity contribution in [2.75, 3.05) is 21.3 Å². The molecular weight excluding hydrogens is 460 g/mol. The minimum absolute atomic E-state index is 0.342. The van der Waals surface area contributed by atoms with Crippen LogP contribution in [0.3, 0.4) is 0 Å². The standard InChI is InChI=1S/C22H40O7Si3/c1-25-19-15-17(16-20(26-2)21(19)27-3)14-18(22(23)24)12-10-11-13-30(28-31(4,5)6)29-32(7,8)9/h14-16,30H,10-13H2,1-9H3,(H,23,24). The molecule has 0 saturated carbocycles. The van der Waals surface area contributed by atoms with Gasteiger partial charge < -0.3 is 27.5 Å². The molecular formula is C22H40O7Si3. The van der Waals surface area contributed by atoms with Gasteiger partial charge in [-0.1, -0.05) is 6.42 Å². The summed E-state index contributed by atoms with van der Waals surface area (Å²) in [7, 11) is -0.510. The molecule has 0 aromatic heterocycles. The van der Waals surface area contributed by atoms with Crippen LogP contribution in [-0.2, 0) is 13.0 Å². The number of aliphatic carboxylic acids is 1. The number of carboxylic acids is 1. The van der Waals surface area contributed by atoms with Crippen molar-refractivity contribution in [1.82, 2.24) is 0 Å². The van der Waals surface area contributed by atoms with E-state index >= 15 is 0 Å². The second-order valence-electron chi connectivity index (χ2n) is 9.57. The van der Waals surface area contributed by atoms with E-state index in [2.05, 4.69) is 39.3 Å². The maximum Gasteiger partial charge on any atom is 0.331 e. The smallest absolute Gasteiger partial charge is 0.331 e. The van der Waals surface area contributed by atoms with Gasteiger partial charge in [0.25, 0.3) is 0 Å². The molecule has 0 aliphatic carbocycles. The first-order chi connectivity index (χ1) is 14.8. The lowest BCUT2D eigenvalue weighted by Gasteiger charge is -2.30. The molecule has 0 amide bonds. The summed E-state index contributed by atoms with van der Waals surface area (Å²) in [5.41, 5.74) is 1.03. The summed E-state index contributed by atoms with van der Waals surface area (Å²) in [6.45, 7) is 13.1. The number of hydrogen-bond donors (Lipinski definition) is 1. The van der Waals surface area contributed by atoms with Crippen LogP contribution in [0.4, 0.5) is 0 Å². The van der Waals surface area contributed by atoms with Gasteiger partial charge in [0.1, 0.15) is 0 Å². The van der Waals surface area contributed by atoms with E-state index in [1.54, 1.807) is 18.2 Å². The van der Waals surface area contributed by atoms with E-state index in [-0.39, 0.29) is 0 Å². The van der Waals surface area contributed by atoms with Crippen LogP contribution in [-0.4, -0.2) is 58.3 Å². The molecule has 1 aromatic carbocycles. The number of carbonyl (C=O) groups is 1. The normalized spacial score (nSPS) is 12.8. The van der Waals surface area contributed by atoms with E-state index in [4.69, 9.17) is 22.4 Å². The molecule has 0 heterocycles. The molecule has 0 saturated heterocycles. The van der Waals surface area contributed by atoms with Gasteiger partial charge in [0.05, 0.1) is 21.3 Å². The molecule has 0 spiro atoms. The van der Waals surface area contributed by atoms with E-state index in [0.29, 0.717) is 34.8 Å². The van der Waals surface area contributed by atoms with Crippen molar-refractivity contribution in [3.8, 4) is 17.2 Å². The molecule has 10 heteroatoms. The summed E-state index contributed by atoms with van der Waals surface area (Å²) in [6, 6.07) is 4.39. The molecule has 0 unspecified atom stereocenters. The number of rotatable bonds is 14. The molecule has 1 aromatic rings. The first-order valence-corrected chi connectivity index (χ1v) is 19.5. The topological polar surface area (TPSA) is 83.5 Å². The van der Waals surface area contributed by atoms with Crippen LogP contribution >= 0.6 is 0 Å². The van der Waals surface area contributed by atoms with Crippen molar-refractivity contribution in [2.24, 2.45) is 0 Å². The lowest BCUT2D eigenvalue weighted by atomic mass is 10.0. The van der Waals surface area contributed by atoms with Gasteiger partial charge >= 0.3 is 15.3 Å². The van der Waals surface area contributed by atoms with Crippen molar-refractivity contribution >= 4 is 38.0 Å². The Morgan fingerprint density at radius 1 is 0.906 bits per heavy atom. The van der Waals surface area contributed by atoms with Crippen LogP contribution in [0.2, 0.25) is 45.3 Å². The molecule has 1 N–H and O–H groups in total. The molecule has 1 rings (SSSR count). The SMILES string of the molecule is COc1cc(C=C(CCCC[SiH](O[Si](C)(C)C)O[Si](C)(C)C)C(=O)O)cc(OC)c1OC. The highest BCUT2D eigenvalue weighted by Gasteiger charge is 2.28. The van der Waals surface area contributed by atoms with E-state index in [9.17, 15) is 9.90 Å². The van der Waals surface area contributed by atoms with Gasteiger partial charge in [-0.2, -0.15) is 0 Å². The molecule has 32 heavy (non-hydrogen) atoms. The summed E-state index contributed by atoms with van der Waals surface area (Å²) < 4.78 is 28.8. The Balaban J connectivity index is 2.90. The minimum atomic E-state index is -1.76. The average molecular weight is 501 g/mol. The largest absolute Gasteiger partial charge is 0.493 e. The Kier molecular flexibility index (Phi) is 11.2. The molecule has 0 atom stereocenters. The predicted molar refractivity (Wildman–Crippen MR) is 136 cm³/mol. The third-order valence-corrected chi connectivity index (χ3v) is 13.0. The van der Waals surface area contributed by atoms with Crippen molar-refractivity contribution in [3.63, 3.8) is 0 Å². The van der Waals surface area contributed by atoms with Crippen molar-refractivity contribution in [2.45, 2.75) is 64.6 Å². The Bertz CT molecular complexity index is 742. The Morgan fingerprint density at radius 2 is 1.41 bits per heavy atom. The van der Waals surface area contributed by atoms with E-state index < -0.39 is 31.9 Å². The Labute approximate surface area is 196 Å². The monoisotopic (exact) mass is 500 g/mol. The quantitative estimate of drug-likeness (QED) is 0.211. The summed E-state index contributed by atoms with van der Waals surface area (Å²) in [5, 5.41) is 9.72. The molecule has 182 valence electrons. The number of benzene rings is 1. The van der Waals surface area contributed by atoms with Gasteiger partial charge in [-0.05, 0) is 81.9 Å². The maximum absolute atomic E-state index is 11.9. The zero-order valence-corrected chi connectivity index (χ0v) is 24.2. The van der Waals surface area contributed by atoms with Crippen molar-refractivity contribution in [3.05, 3.63) is 23.3 Å². The van der Waals surface area contributed by atoms with Crippen LogP contribution < -0.4 is 14.2 Å². The zero-order valence-electron chi connectivity index (χ0n) is 21.0. The Hall–Kier alpha value is -1.60. The number of carboxylic acid groups (broad SMARTS) is 1. The lowest BCUT2D eigenvalue weighted by Crippen LogP contribution is -2.43. The van der Waals surface area contributed by atoms with Gasteiger partial charge in [0.15, 0.2) is 28.1 Å². The third-order valence-electron chi connectivity index (χ3n) is 4.41. The lowest BCUT2D eigenvalue weighted by molar-refractivity contribution is -0.132. The highest BCUT2D eigenvalue weighted by molar-refractivity contribution is 6.81. The first kappa shape index (κ1) is 28.4. The maximum atomic E-state index is 11.9. The third kappa shape index (κ3) is 10.3. The number of methoxy groups -OCH3 is 3. The van der Waals surface area contributed by atoms with Crippen molar-refractivity contribution < 1.29 is 32.3 Å². The number of ether oxygens (including phenoxy) is 3. The van der Waals surface area contributed by atoms with Crippen molar-refractivity contribution in [1.29, 1.82) is 0 Å². The van der Waals surface area contributed by atoms with Crippen LogP contribution in [0, 0.1) is 0 Å². The molecule has 0 bridgehead atoms. The summed E-state index contributed by atoms with van der Waals surface area (Å²) in [5.74, 6) is 0.529. The average Bonchev–Trinajstić information content (AvgIpc) is 2.66. The molecule has 0 fully saturated rings.